The number of rotatable bonds is 4. The van der Waals surface area contributed by atoms with Gasteiger partial charge in [0, 0.05) is 11.6 Å². The van der Waals surface area contributed by atoms with E-state index >= 15 is 0 Å². The minimum atomic E-state index is 0.492. The highest BCUT2D eigenvalue weighted by Crippen LogP contribution is 2.24. The number of nitrogens with one attached hydrogen (secondary N) is 2. The van der Waals surface area contributed by atoms with Crippen LogP contribution in [0.3, 0.4) is 0 Å². The van der Waals surface area contributed by atoms with Crippen molar-refractivity contribution >= 4 is 35.1 Å². The van der Waals surface area contributed by atoms with Gasteiger partial charge >= 0.3 is 0 Å². The summed E-state index contributed by atoms with van der Waals surface area (Å²) in [7, 11) is 0. The number of halogens is 1. The summed E-state index contributed by atoms with van der Waals surface area (Å²) in [6, 6.07) is 0. The molecule has 17 heavy (non-hydrogen) atoms. The molecule has 5 heteroatoms. The van der Waals surface area contributed by atoms with Gasteiger partial charge in [0.15, 0.2) is 5.11 Å². The maximum Gasteiger partial charge on any atom is 0.187 e. The Bertz CT molecular complexity index is 337. The standard InChI is InChI=1S/C12H18ClN3S/c1-2-8-14-12(17)16-15-9-10-6-4-3-5-7-11(10)13/h2,9H,1,3-8H2,(H2,14,16,17)/b15-9+. The third-order valence-electron chi connectivity index (χ3n) is 2.48. The molecule has 2 N–H and O–H groups in total. The van der Waals surface area contributed by atoms with Crippen molar-refractivity contribution in [1.82, 2.24) is 10.7 Å². The summed E-state index contributed by atoms with van der Waals surface area (Å²) >= 11 is 11.2. The van der Waals surface area contributed by atoms with Crippen molar-refractivity contribution in [2.24, 2.45) is 5.10 Å². The van der Waals surface area contributed by atoms with Gasteiger partial charge in [-0.15, -0.1) is 6.58 Å². The van der Waals surface area contributed by atoms with Crippen LogP contribution in [-0.4, -0.2) is 17.9 Å². The van der Waals surface area contributed by atoms with Crippen LogP contribution in [0.4, 0.5) is 0 Å². The zero-order chi connectivity index (χ0) is 12.5. The SMILES string of the molecule is C=CCNC(=S)N/N=C/C1=C(Cl)CCCCC1. The monoisotopic (exact) mass is 271 g/mol. The van der Waals surface area contributed by atoms with Crippen molar-refractivity contribution in [3.8, 4) is 0 Å². The van der Waals surface area contributed by atoms with Crippen LogP contribution >= 0.6 is 23.8 Å². The third-order valence-corrected chi connectivity index (χ3v) is 3.15. The van der Waals surface area contributed by atoms with Crippen LogP contribution in [0, 0.1) is 0 Å². The molecular weight excluding hydrogens is 254 g/mol. The molecule has 0 saturated carbocycles. The first-order valence-corrected chi connectivity index (χ1v) is 6.58. The van der Waals surface area contributed by atoms with Crippen molar-refractivity contribution in [2.45, 2.75) is 32.1 Å². The maximum atomic E-state index is 6.18. The fraction of sp³-hybridized carbons (Fsp3) is 0.500. The summed E-state index contributed by atoms with van der Waals surface area (Å²) in [5.41, 5.74) is 3.87. The molecule has 0 heterocycles. The fourth-order valence-corrected chi connectivity index (χ4v) is 1.99. The Morgan fingerprint density at radius 2 is 2.18 bits per heavy atom. The second-order valence-corrected chi connectivity index (χ2v) is 4.72. The highest BCUT2D eigenvalue weighted by Gasteiger charge is 2.07. The zero-order valence-corrected chi connectivity index (χ0v) is 11.4. The molecule has 0 aromatic heterocycles. The van der Waals surface area contributed by atoms with Crippen molar-refractivity contribution in [2.75, 3.05) is 6.54 Å². The molecule has 0 unspecified atom stereocenters. The third kappa shape index (κ3) is 5.84. The van der Waals surface area contributed by atoms with Gasteiger partial charge in [-0.1, -0.05) is 24.1 Å². The van der Waals surface area contributed by atoms with E-state index in [0.29, 0.717) is 11.7 Å². The molecule has 0 amide bonds. The van der Waals surface area contributed by atoms with Crippen LogP contribution in [0.2, 0.25) is 0 Å². The Morgan fingerprint density at radius 3 is 2.94 bits per heavy atom. The molecule has 1 aliphatic rings. The van der Waals surface area contributed by atoms with E-state index in [1.807, 2.05) is 0 Å². The molecule has 0 aliphatic heterocycles. The van der Waals surface area contributed by atoms with E-state index < -0.39 is 0 Å². The van der Waals surface area contributed by atoms with Crippen molar-refractivity contribution in [3.05, 3.63) is 23.3 Å². The maximum absolute atomic E-state index is 6.18. The molecule has 0 spiro atoms. The van der Waals surface area contributed by atoms with E-state index in [2.05, 4.69) is 22.4 Å². The highest BCUT2D eigenvalue weighted by molar-refractivity contribution is 7.80. The summed E-state index contributed by atoms with van der Waals surface area (Å²) in [5, 5.41) is 8.44. The minimum absolute atomic E-state index is 0.492. The first kappa shape index (κ1) is 14.2. The van der Waals surface area contributed by atoms with Gasteiger partial charge in [-0.2, -0.15) is 5.10 Å². The molecule has 94 valence electrons. The molecule has 0 bridgehead atoms. The van der Waals surface area contributed by atoms with E-state index in [1.54, 1.807) is 12.3 Å². The van der Waals surface area contributed by atoms with Gasteiger partial charge in [-0.05, 0) is 43.5 Å². The average Bonchev–Trinajstić information content (AvgIpc) is 2.52. The molecule has 0 fully saturated rings. The predicted molar refractivity (Wildman–Crippen MR) is 78.4 cm³/mol. The van der Waals surface area contributed by atoms with Gasteiger partial charge in [0.1, 0.15) is 0 Å². The lowest BCUT2D eigenvalue weighted by Gasteiger charge is -2.04. The zero-order valence-electron chi connectivity index (χ0n) is 9.84. The van der Waals surface area contributed by atoms with E-state index in [1.165, 1.54) is 19.3 Å². The summed E-state index contributed by atoms with van der Waals surface area (Å²) in [4.78, 5) is 0. The van der Waals surface area contributed by atoms with Gasteiger partial charge < -0.3 is 5.32 Å². The number of allylic oxidation sites excluding steroid dienone is 2. The number of hydrogen-bond acceptors (Lipinski definition) is 2. The smallest absolute Gasteiger partial charge is 0.187 e. The van der Waals surface area contributed by atoms with Crippen LogP contribution in [0.15, 0.2) is 28.4 Å². The molecule has 1 rings (SSSR count). The summed E-state index contributed by atoms with van der Waals surface area (Å²) in [6.45, 7) is 4.22. The van der Waals surface area contributed by atoms with Crippen LogP contribution in [-0.2, 0) is 0 Å². The topological polar surface area (TPSA) is 36.4 Å². The van der Waals surface area contributed by atoms with Gasteiger partial charge in [-0.3, -0.25) is 5.43 Å². The van der Waals surface area contributed by atoms with Crippen LogP contribution < -0.4 is 10.7 Å². The second-order valence-electron chi connectivity index (χ2n) is 3.86. The van der Waals surface area contributed by atoms with E-state index in [-0.39, 0.29) is 0 Å². The Kier molecular flexibility index (Phi) is 6.89. The molecule has 1 aliphatic carbocycles. The van der Waals surface area contributed by atoms with Gasteiger partial charge in [-0.25, -0.2) is 0 Å². The second kappa shape index (κ2) is 8.25. The van der Waals surface area contributed by atoms with Crippen molar-refractivity contribution in [1.29, 1.82) is 0 Å². The lowest BCUT2D eigenvalue weighted by atomic mass is 10.1. The number of nitrogens with zero attached hydrogens (tertiary/aromatic N) is 1. The van der Waals surface area contributed by atoms with Crippen molar-refractivity contribution < 1.29 is 0 Å². The lowest BCUT2D eigenvalue weighted by Crippen LogP contribution is -2.31. The first-order chi connectivity index (χ1) is 8.24. The average molecular weight is 272 g/mol. The van der Waals surface area contributed by atoms with Crippen molar-refractivity contribution in [3.63, 3.8) is 0 Å². The quantitative estimate of drug-likeness (QED) is 0.357. The Balaban J connectivity index is 2.41. The Hall–Kier alpha value is -0.870. The fourth-order valence-electron chi connectivity index (χ4n) is 1.58. The number of hydrogen-bond donors (Lipinski definition) is 2. The van der Waals surface area contributed by atoms with E-state index in [0.717, 1.165) is 23.4 Å². The molecule has 0 atom stereocenters. The number of thiocarbonyl (C=S) groups is 1. The highest BCUT2D eigenvalue weighted by atomic mass is 35.5. The van der Waals surface area contributed by atoms with Crippen LogP contribution in [0.5, 0.6) is 0 Å². The van der Waals surface area contributed by atoms with Crippen LogP contribution in [0.25, 0.3) is 0 Å². The molecule has 0 aromatic rings. The first-order valence-electron chi connectivity index (χ1n) is 5.79. The van der Waals surface area contributed by atoms with E-state index in [4.69, 9.17) is 23.8 Å². The van der Waals surface area contributed by atoms with Gasteiger partial charge in [0.05, 0.1) is 6.21 Å². The summed E-state index contributed by atoms with van der Waals surface area (Å²) in [6.07, 6.45) is 9.05. The summed E-state index contributed by atoms with van der Waals surface area (Å²) < 4.78 is 0. The molecule has 3 nitrogen and oxygen atoms in total. The molecular formula is C12H18ClN3S. The minimum Gasteiger partial charge on any atom is -0.358 e. The Morgan fingerprint density at radius 1 is 1.41 bits per heavy atom. The lowest BCUT2D eigenvalue weighted by molar-refractivity contribution is 0.713. The largest absolute Gasteiger partial charge is 0.358 e. The van der Waals surface area contributed by atoms with Gasteiger partial charge in [0.25, 0.3) is 0 Å². The molecule has 0 aromatic carbocycles. The van der Waals surface area contributed by atoms with Gasteiger partial charge in [0.2, 0.25) is 0 Å². The summed E-state index contributed by atoms with van der Waals surface area (Å²) in [5.74, 6) is 0. The number of hydrazone groups is 1. The Labute approximate surface area is 113 Å². The molecule has 0 radical (unpaired) electrons. The predicted octanol–water partition coefficient (Wildman–Crippen LogP) is 3.08. The normalized spacial score (nSPS) is 16.8. The van der Waals surface area contributed by atoms with E-state index in [9.17, 15) is 0 Å². The molecule has 0 saturated heterocycles. The van der Waals surface area contributed by atoms with Crippen LogP contribution in [0.1, 0.15) is 32.1 Å².